The molecule has 118 valence electrons. The number of sulfonamides is 1. The van der Waals surface area contributed by atoms with E-state index in [0.29, 0.717) is 17.4 Å². The number of anilines is 1. The summed E-state index contributed by atoms with van der Waals surface area (Å²) >= 11 is 1.38. The molecule has 7 nitrogen and oxygen atoms in total. The van der Waals surface area contributed by atoms with Gasteiger partial charge >= 0.3 is 0 Å². The predicted octanol–water partition coefficient (Wildman–Crippen LogP) is 1.53. The number of thiazole rings is 1. The third kappa shape index (κ3) is 3.37. The lowest BCUT2D eigenvalue weighted by atomic mass is 10.1. The van der Waals surface area contributed by atoms with Crippen molar-refractivity contribution in [2.24, 2.45) is 0 Å². The Balaban J connectivity index is 2.31. The summed E-state index contributed by atoms with van der Waals surface area (Å²) in [6.45, 7) is 6.27. The van der Waals surface area contributed by atoms with E-state index in [1.54, 1.807) is 23.0 Å². The average Bonchev–Trinajstić information content (AvgIpc) is 2.95. The van der Waals surface area contributed by atoms with Gasteiger partial charge in [0.1, 0.15) is 0 Å². The van der Waals surface area contributed by atoms with Crippen molar-refractivity contribution in [3.63, 3.8) is 0 Å². The summed E-state index contributed by atoms with van der Waals surface area (Å²) in [4.78, 5) is 4.89. The Bertz CT molecular complexity index is 718. The maximum atomic E-state index is 12.6. The number of hydrogen-bond acceptors (Lipinski definition) is 6. The van der Waals surface area contributed by atoms with Gasteiger partial charge in [-0.3, -0.25) is 4.40 Å². The Morgan fingerprint density at radius 2 is 2.19 bits per heavy atom. The molecule has 2 N–H and O–H groups in total. The quantitative estimate of drug-likeness (QED) is 0.803. The topological polar surface area (TPSA) is 84.7 Å². The molecule has 0 unspecified atom stereocenters. The number of nitrogens with one attached hydrogen (secondary N) is 2. The van der Waals surface area contributed by atoms with Crippen molar-refractivity contribution in [3.05, 3.63) is 11.6 Å². The number of imidazole rings is 1. The number of fused-ring (bicyclic) bond motifs is 1. The van der Waals surface area contributed by atoms with Gasteiger partial charge in [0.2, 0.25) is 0 Å². The van der Waals surface area contributed by atoms with Gasteiger partial charge in [0.05, 0.1) is 5.60 Å². The molecular weight excluding hydrogens is 312 g/mol. The van der Waals surface area contributed by atoms with Crippen LogP contribution in [0.1, 0.15) is 20.8 Å². The maximum absolute atomic E-state index is 12.6. The van der Waals surface area contributed by atoms with Gasteiger partial charge in [-0.05, 0) is 20.8 Å². The molecule has 0 fully saturated rings. The fourth-order valence-electron chi connectivity index (χ4n) is 1.96. The highest BCUT2D eigenvalue weighted by Gasteiger charge is 2.28. The lowest BCUT2D eigenvalue weighted by molar-refractivity contribution is -0.00515. The first kappa shape index (κ1) is 16.2. The van der Waals surface area contributed by atoms with E-state index in [9.17, 15) is 8.42 Å². The van der Waals surface area contributed by atoms with Crippen LogP contribution >= 0.6 is 11.3 Å². The van der Waals surface area contributed by atoms with Crippen LogP contribution in [-0.4, -0.2) is 43.6 Å². The largest absolute Gasteiger partial charge is 0.375 e. The van der Waals surface area contributed by atoms with Crippen LogP contribution in [0.2, 0.25) is 0 Å². The highest BCUT2D eigenvalue weighted by Crippen LogP contribution is 2.25. The third-order valence-corrected chi connectivity index (χ3v) is 5.11. The standard InChI is InChI=1S/C12H20N4O3S2/c1-5-19-12(2,3)8-14-21(17,18)10-9(13-4)15-11-16(10)6-7-20-11/h6-7,13-14H,5,8H2,1-4H3. The van der Waals surface area contributed by atoms with Crippen molar-refractivity contribution in [2.45, 2.75) is 31.4 Å². The van der Waals surface area contributed by atoms with Gasteiger partial charge in [-0.25, -0.2) is 18.1 Å². The molecular formula is C12H20N4O3S2. The lowest BCUT2D eigenvalue weighted by Crippen LogP contribution is -2.40. The molecule has 2 rings (SSSR count). The van der Waals surface area contributed by atoms with Crippen molar-refractivity contribution in [1.29, 1.82) is 0 Å². The number of rotatable bonds is 7. The highest BCUT2D eigenvalue weighted by atomic mass is 32.2. The third-order valence-electron chi connectivity index (χ3n) is 2.93. The van der Waals surface area contributed by atoms with E-state index in [2.05, 4.69) is 15.0 Å². The first-order valence-electron chi connectivity index (χ1n) is 6.57. The molecule has 2 aromatic rings. The summed E-state index contributed by atoms with van der Waals surface area (Å²) in [5.74, 6) is 0.337. The molecule has 9 heteroatoms. The van der Waals surface area contributed by atoms with Crippen LogP contribution in [0.25, 0.3) is 4.96 Å². The van der Waals surface area contributed by atoms with Crippen molar-refractivity contribution < 1.29 is 13.2 Å². The summed E-state index contributed by atoms with van der Waals surface area (Å²) < 4.78 is 34.8. The van der Waals surface area contributed by atoms with Crippen molar-refractivity contribution >= 4 is 32.1 Å². The van der Waals surface area contributed by atoms with Crippen LogP contribution in [-0.2, 0) is 14.8 Å². The Labute approximate surface area is 128 Å². The van der Waals surface area contributed by atoms with E-state index in [4.69, 9.17) is 4.74 Å². The van der Waals surface area contributed by atoms with E-state index in [0.717, 1.165) is 0 Å². The van der Waals surface area contributed by atoms with Gasteiger partial charge in [-0.2, -0.15) is 0 Å². The second-order valence-corrected chi connectivity index (χ2v) is 7.64. The zero-order valence-corrected chi connectivity index (χ0v) is 14.1. The van der Waals surface area contributed by atoms with Gasteiger partial charge in [0.15, 0.2) is 15.8 Å². The number of hydrogen-bond donors (Lipinski definition) is 2. The summed E-state index contributed by atoms with van der Waals surface area (Å²) in [5.41, 5.74) is -0.569. The maximum Gasteiger partial charge on any atom is 0.260 e. The molecule has 0 aliphatic rings. The normalized spacial score (nSPS) is 13.0. The van der Waals surface area contributed by atoms with Gasteiger partial charge < -0.3 is 10.1 Å². The van der Waals surface area contributed by atoms with Crippen molar-refractivity contribution in [2.75, 3.05) is 25.5 Å². The van der Waals surface area contributed by atoms with Gasteiger partial charge in [-0.1, -0.05) is 0 Å². The summed E-state index contributed by atoms with van der Waals surface area (Å²) in [5, 5.41) is 4.74. The predicted molar refractivity (Wildman–Crippen MR) is 83.5 cm³/mol. The second-order valence-electron chi connectivity index (χ2n) is 5.09. The first-order chi connectivity index (χ1) is 9.80. The molecule has 0 aliphatic carbocycles. The molecule has 2 aromatic heterocycles. The zero-order valence-electron chi connectivity index (χ0n) is 12.5. The van der Waals surface area contributed by atoms with Crippen LogP contribution in [0.3, 0.4) is 0 Å². The molecule has 0 spiro atoms. The van der Waals surface area contributed by atoms with Crippen LogP contribution in [0, 0.1) is 0 Å². The molecule has 0 amide bonds. The molecule has 2 heterocycles. The van der Waals surface area contributed by atoms with Crippen LogP contribution in [0.15, 0.2) is 16.6 Å². The molecule has 0 saturated carbocycles. The molecule has 0 atom stereocenters. The van der Waals surface area contributed by atoms with Crippen molar-refractivity contribution in [1.82, 2.24) is 14.1 Å². The summed E-state index contributed by atoms with van der Waals surface area (Å²) in [6, 6.07) is 0. The smallest absolute Gasteiger partial charge is 0.260 e. The minimum absolute atomic E-state index is 0.119. The first-order valence-corrected chi connectivity index (χ1v) is 8.94. The Hall–Kier alpha value is -1.16. The molecule has 0 bridgehead atoms. The average molecular weight is 332 g/mol. The van der Waals surface area contributed by atoms with E-state index >= 15 is 0 Å². The van der Waals surface area contributed by atoms with Gasteiger partial charge in [0, 0.05) is 31.8 Å². The fourth-order valence-corrected chi connectivity index (χ4v) is 4.22. The summed E-state index contributed by atoms with van der Waals surface area (Å²) in [7, 11) is -2.04. The Kier molecular flexibility index (Phi) is 4.57. The summed E-state index contributed by atoms with van der Waals surface area (Å²) in [6.07, 6.45) is 1.69. The van der Waals surface area contributed by atoms with Crippen LogP contribution in [0.4, 0.5) is 5.82 Å². The van der Waals surface area contributed by atoms with E-state index in [1.807, 2.05) is 20.8 Å². The van der Waals surface area contributed by atoms with Crippen LogP contribution < -0.4 is 10.0 Å². The minimum Gasteiger partial charge on any atom is -0.375 e. The Morgan fingerprint density at radius 1 is 1.48 bits per heavy atom. The Morgan fingerprint density at radius 3 is 2.81 bits per heavy atom. The van der Waals surface area contributed by atoms with E-state index < -0.39 is 15.6 Å². The minimum atomic E-state index is -3.69. The molecule has 21 heavy (non-hydrogen) atoms. The zero-order chi connectivity index (χ0) is 15.7. The van der Waals surface area contributed by atoms with E-state index in [-0.39, 0.29) is 11.6 Å². The van der Waals surface area contributed by atoms with Crippen LogP contribution in [0.5, 0.6) is 0 Å². The lowest BCUT2D eigenvalue weighted by Gasteiger charge is -2.24. The van der Waals surface area contributed by atoms with Gasteiger partial charge in [0.25, 0.3) is 10.0 Å². The molecule has 0 saturated heterocycles. The van der Waals surface area contributed by atoms with E-state index in [1.165, 1.54) is 11.3 Å². The number of nitrogens with zero attached hydrogens (tertiary/aromatic N) is 2. The fraction of sp³-hybridized carbons (Fsp3) is 0.583. The molecule has 0 aromatic carbocycles. The second kappa shape index (κ2) is 5.91. The molecule has 0 aliphatic heterocycles. The monoisotopic (exact) mass is 332 g/mol. The van der Waals surface area contributed by atoms with Gasteiger partial charge in [-0.15, -0.1) is 11.3 Å². The SMILES string of the molecule is CCOC(C)(C)CNS(=O)(=O)c1c(NC)nc2sccn12. The highest BCUT2D eigenvalue weighted by molar-refractivity contribution is 7.89. The molecule has 0 radical (unpaired) electrons. The van der Waals surface area contributed by atoms with Crippen molar-refractivity contribution in [3.8, 4) is 0 Å². The number of ether oxygens (including phenoxy) is 1. The number of aromatic nitrogens is 2.